The van der Waals surface area contributed by atoms with Gasteiger partial charge in [-0.25, -0.2) is 17.5 Å². The number of thiophene rings is 1. The van der Waals surface area contributed by atoms with Crippen molar-refractivity contribution < 1.29 is 17.6 Å². The molecule has 8 heteroatoms. The van der Waals surface area contributed by atoms with Crippen molar-refractivity contribution in [1.29, 1.82) is 0 Å². The lowest BCUT2D eigenvalue weighted by Gasteiger charge is -2.18. The van der Waals surface area contributed by atoms with Crippen LogP contribution in [0.5, 0.6) is 0 Å². The van der Waals surface area contributed by atoms with Gasteiger partial charge in [-0.2, -0.15) is 0 Å². The van der Waals surface area contributed by atoms with E-state index in [0.29, 0.717) is 24.1 Å². The van der Waals surface area contributed by atoms with Crippen LogP contribution < -0.4 is 10.0 Å². The van der Waals surface area contributed by atoms with Gasteiger partial charge >= 0.3 is 0 Å². The van der Waals surface area contributed by atoms with Crippen LogP contribution in [0, 0.1) is 5.82 Å². The number of nitrogens with one attached hydrogen (secondary N) is 2. The van der Waals surface area contributed by atoms with E-state index in [2.05, 4.69) is 10.0 Å². The largest absolute Gasteiger partial charge is 0.326 e. The summed E-state index contributed by atoms with van der Waals surface area (Å²) >= 11 is 1.54. The molecule has 1 aliphatic heterocycles. The Hall–Kier alpha value is -1.77. The van der Waals surface area contributed by atoms with E-state index in [9.17, 15) is 17.6 Å². The van der Waals surface area contributed by atoms with E-state index in [4.69, 9.17) is 0 Å². The Balaban J connectivity index is 1.78. The van der Waals surface area contributed by atoms with Gasteiger partial charge in [-0.3, -0.25) is 4.79 Å². The maximum Gasteiger partial charge on any atom is 0.243 e. The Labute approximate surface area is 137 Å². The van der Waals surface area contributed by atoms with Crippen molar-refractivity contribution in [3.8, 4) is 0 Å². The quantitative estimate of drug-likeness (QED) is 0.865. The molecule has 1 aromatic heterocycles. The lowest BCUT2D eigenvalue weighted by atomic mass is 10.0. The molecule has 2 heterocycles. The molecule has 0 unspecified atom stereocenters. The minimum atomic E-state index is -3.92. The van der Waals surface area contributed by atoms with Gasteiger partial charge in [-0.15, -0.1) is 11.3 Å². The summed E-state index contributed by atoms with van der Waals surface area (Å²) in [6.07, 6.45) is 1.22. The summed E-state index contributed by atoms with van der Waals surface area (Å²) in [5.41, 5.74) is 0.973. The third-order valence-electron chi connectivity index (χ3n) is 3.59. The number of hydrogen-bond acceptors (Lipinski definition) is 4. The average Bonchev–Trinajstić information content (AvgIpc) is 2.99. The third kappa shape index (κ3) is 3.60. The van der Waals surface area contributed by atoms with Crippen LogP contribution in [0.3, 0.4) is 0 Å². The van der Waals surface area contributed by atoms with Gasteiger partial charge in [0.2, 0.25) is 15.9 Å². The molecule has 2 aromatic rings. The first kappa shape index (κ1) is 16.1. The van der Waals surface area contributed by atoms with Crippen LogP contribution in [-0.4, -0.2) is 20.9 Å². The van der Waals surface area contributed by atoms with Crippen molar-refractivity contribution in [3.05, 3.63) is 45.9 Å². The number of carbonyl (C=O) groups is 1. The van der Waals surface area contributed by atoms with Gasteiger partial charge in [0.25, 0.3) is 0 Å². The van der Waals surface area contributed by atoms with Crippen LogP contribution in [0.25, 0.3) is 0 Å². The SMILES string of the molecule is O=C1CCc2cc(S(=O)(=O)NCCc3cccs3)c(F)cc2N1. The van der Waals surface area contributed by atoms with E-state index < -0.39 is 15.8 Å². The van der Waals surface area contributed by atoms with Crippen LogP contribution in [0.2, 0.25) is 0 Å². The zero-order chi connectivity index (χ0) is 16.4. The first-order chi connectivity index (χ1) is 11.0. The Morgan fingerprint density at radius 2 is 2.13 bits per heavy atom. The minimum absolute atomic E-state index is 0.193. The number of sulfonamides is 1. The molecule has 0 atom stereocenters. The predicted octanol–water partition coefficient (Wildman–Crippen LogP) is 2.29. The molecule has 0 saturated heterocycles. The first-order valence-corrected chi connectivity index (χ1v) is 9.46. The second-order valence-electron chi connectivity index (χ2n) is 5.22. The number of amides is 1. The summed E-state index contributed by atoms with van der Waals surface area (Å²) in [7, 11) is -3.92. The Bertz CT molecular complexity index is 833. The number of benzene rings is 1. The van der Waals surface area contributed by atoms with Gasteiger partial charge in [0.1, 0.15) is 10.7 Å². The second-order valence-corrected chi connectivity index (χ2v) is 7.98. The van der Waals surface area contributed by atoms with Gasteiger partial charge in [0.15, 0.2) is 0 Å². The molecule has 5 nitrogen and oxygen atoms in total. The Morgan fingerprint density at radius 1 is 1.30 bits per heavy atom. The van der Waals surface area contributed by atoms with Crippen molar-refractivity contribution >= 4 is 33.0 Å². The molecular weight excluding hydrogens is 339 g/mol. The summed E-state index contributed by atoms with van der Waals surface area (Å²) in [6.45, 7) is 0.204. The van der Waals surface area contributed by atoms with Gasteiger partial charge in [0, 0.05) is 23.5 Å². The van der Waals surface area contributed by atoms with E-state index in [1.165, 1.54) is 6.07 Å². The van der Waals surface area contributed by atoms with Crippen LogP contribution in [0.4, 0.5) is 10.1 Å². The average molecular weight is 354 g/mol. The maximum atomic E-state index is 14.1. The fourth-order valence-electron chi connectivity index (χ4n) is 2.43. The number of anilines is 1. The Morgan fingerprint density at radius 3 is 2.87 bits per heavy atom. The molecule has 0 aliphatic carbocycles. The number of carbonyl (C=O) groups excluding carboxylic acids is 1. The first-order valence-electron chi connectivity index (χ1n) is 7.10. The molecule has 0 fully saturated rings. The van der Waals surface area contributed by atoms with Gasteiger partial charge in [-0.1, -0.05) is 6.07 Å². The summed E-state index contributed by atoms with van der Waals surface area (Å²) in [6, 6.07) is 6.19. The normalized spacial score (nSPS) is 14.4. The third-order valence-corrected chi connectivity index (χ3v) is 6.00. The second kappa shape index (κ2) is 6.38. The fourth-order valence-corrected chi connectivity index (χ4v) is 4.28. The highest BCUT2D eigenvalue weighted by molar-refractivity contribution is 7.89. The Kier molecular flexibility index (Phi) is 4.47. The molecule has 0 saturated carbocycles. The maximum absolute atomic E-state index is 14.1. The lowest BCUT2D eigenvalue weighted by molar-refractivity contribution is -0.116. The van der Waals surface area contributed by atoms with Crippen molar-refractivity contribution in [2.45, 2.75) is 24.2 Å². The van der Waals surface area contributed by atoms with E-state index in [1.54, 1.807) is 11.3 Å². The van der Waals surface area contributed by atoms with Crippen LogP contribution in [0.15, 0.2) is 34.5 Å². The summed E-state index contributed by atoms with van der Waals surface area (Å²) in [5.74, 6) is -1.06. The summed E-state index contributed by atoms with van der Waals surface area (Å²) < 4.78 is 41.1. The number of rotatable bonds is 5. The van der Waals surface area contributed by atoms with Crippen molar-refractivity contribution in [1.82, 2.24) is 4.72 Å². The molecule has 1 aliphatic rings. The predicted molar refractivity (Wildman–Crippen MR) is 86.6 cm³/mol. The number of hydrogen-bond donors (Lipinski definition) is 2. The summed E-state index contributed by atoms with van der Waals surface area (Å²) in [5, 5.41) is 4.47. The van der Waals surface area contributed by atoms with E-state index >= 15 is 0 Å². The van der Waals surface area contributed by atoms with Crippen molar-refractivity contribution in [3.63, 3.8) is 0 Å². The van der Waals surface area contributed by atoms with Crippen molar-refractivity contribution in [2.24, 2.45) is 0 Å². The number of halogens is 1. The highest BCUT2D eigenvalue weighted by Crippen LogP contribution is 2.28. The number of fused-ring (bicyclic) bond motifs is 1. The van der Waals surface area contributed by atoms with E-state index in [-0.39, 0.29) is 23.8 Å². The smallest absolute Gasteiger partial charge is 0.243 e. The van der Waals surface area contributed by atoms with E-state index in [0.717, 1.165) is 10.9 Å². The zero-order valence-electron chi connectivity index (χ0n) is 12.1. The van der Waals surface area contributed by atoms with Crippen LogP contribution in [0.1, 0.15) is 16.9 Å². The van der Waals surface area contributed by atoms with Gasteiger partial charge < -0.3 is 5.32 Å². The lowest BCUT2D eigenvalue weighted by Crippen LogP contribution is -2.27. The molecule has 1 aromatic carbocycles. The summed E-state index contributed by atoms with van der Waals surface area (Å²) in [4.78, 5) is 12.0. The molecule has 3 rings (SSSR count). The zero-order valence-corrected chi connectivity index (χ0v) is 13.8. The molecule has 23 heavy (non-hydrogen) atoms. The van der Waals surface area contributed by atoms with Crippen molar-refractivity contribution in [2.75, 3.05) is 11.9 Å². The minimum Gasteiger partial charge on any atom is -0.326 e. The molecule has 2 N–H and O–H groups in total. The molecule has 1 amide bonds. The molecular formula is C15H15FN2O3S2. The number of aryl methyl sites for hydroxylation is 1. The highest BCUT2D eigenvalue weighted by atomic mass is 32.2. The molecule has 0 spiro atoms. The molecule has 122 valence electrons. The van der Waals surface area contributed by atoms with Gasteiger partial charge in [-0.05, 0) is 42.0 Å². The monoisotopic (exact) mass is 354 g/mol. The van der Waals surface area contributed by atoms with Crippen LogP contribution in [-0.2, 0) is 27.7 Å². The van der Waals surface area contributed by atoms with Gasteiger partial charge in [0.05, 0.1) is 0 Å². The fraction of sp³-hybridized carbons (Fsp3) is 0.267. The van der Waals surface area contributed by atoms with Crippen LogP contribution >= 0.6 is 11.3 Å². The topological polar surface area (TPSA) is 75.3 Å². The molecule has 0 radical (unpaired) electrons. The molecule has 0 bridgehead atoms. The highest BCUT2D eigenvalue weighted by Gasteiger charge is 2.24. The van der Waals surface area contributed by atoms with E-state index in [1.807, 2.05) is 17.5 Å². The standard InChI is InChI=1S/C15H15FN2O3S2/c16-12-9-13-10(3-4-15(19)18-13)8-14(12)23(20,21)17-6-5-11-2-1-7-22-11/h1-2,7-9,17H,3-6H2,(H,18,19).